The van der Waals surface area contributed by atoms with Crippen molar-refractivity contribution in [2.75, 3.05) is 13.2 Å². The van der Waals surface area contributed by atoms with Gasteiger partial charge >= 0.3 is 0 Å². The van der Waals surface area contributed by atoms with Crippen molar-refractivity contribution < 1.29 is 23.6 Å². The first-order chi connectivity index (χ1) is 16.4. The summed E-state index contributed by atoms with van der Waals surface area (Å²) in [6.07, 6.45) is 5.75. The van der Waals surface area contributed by atoms with Crippen LogP contribution in [0.15, 0.2) is 30.6 Å². The van der Waals surface area contributed by atoms with E-state index in [1.54, 1.807) is 6.07 Å². The summed E-state index contributed by atoms with van der Waals surface area (Å²) in [6.45, 7) is 0.781. The molecule has 1 aromatic heterocycles. The number of nitrogens with two attached hydrogens (primary N) is 1. The van der Waals surface area contributed by atoms with Crippen molar-refractivity contribution in [3.8, 4) is 11.9 Å². The number of amides is 2. The zero-order chi connectivity index (χ0) is 24.1. The Bertz CT molecular complexity index is 1110. The standard InChI is InChI=1S/C24H26FN5O4/c25-19-9-16(12-26)8-18(10-19)21-6-7-34-30(21)24(32)17-3-1-2-15(4-5-17)13-33-22-11-20(23(27)31)28-14-29-22/h8-11,14-15,17,21H,1-7,13H2,(H2,27,31). The fraction of sp³-hybridized carbons (Fsp3) is 0.458. The number of aromatic nitrogens is 2. The zero-order valence-electron chi connectivity index (χ0n) is 18.7. The van der Waals surface area contributed by atoms with E-state index in [4.69, 9.17) is 20.6 Å². The van der Waals surface area contributed by atoms with E-state index in [0.717, 1.165) is 25.7 Å². The van der Waals surface area contributed by atoms with E-state index >= 15 is 0 Å². The van der Waals surface area contributed by atoms with E-state index in [0.29, 0.717) is 37.5 Å². The molecule has 178 valence electrons. The van der Waals surface area contributed by atoms with Crippen LogP contribution in [0.4, 0.5) is 4.39 Å². The van der Waals surface area contributed by atoms with Gasteiger partial charge in [0.2, 0.25) is 11.8 Å². The zero-order valence-corrected chi connectivity index (χ0v) is 18.7. The molecule has 1 aromatic carbocycles. The van der Waals surface area contributed by atoms with E-state index in [1.807, 2.05) is 6.07 Å². The van der Waals surface area contributed by atoms with Gasteiger partial charge in [-0.2, -0.15) is 5.26 Å². The molecule has 2 heterocycles. The summed E-state index contributed by atoms with van der Waals surface area (Å²) in [6, 6.07) is 7.11. The summed E-state index contributed by atoms with van der Waals surface area (Å²) in [5, 5.41) is 10.5. The van der Waals surface area contributed by atoms with Gasteiger partial charge in [-0.15, -0.1) is 0 Å². The molecule has 2 aliphatic rings. The van der Waals surface area contributed by atoms with Gasteiger partial charge in [0, 0.05) is 18.4 Å². The second-order valence-corrected chi connectivity index (χ2v) is 8.67. The number of ether oxygens (including phenoxy) is 1. The Morgan fingerprint density at radius 3 is 2.82 bits per heavy atom. The number of carbonyl (C=O) groups excluding carboxylic acids is 2. The quantitative estimate of drug-likeness (QED) is 0.646. The molecule has 9 nitrogen and oxygen atoms in total. The normalized spacial score (nSPS) is 22.6. The summed E-state index contributed by atoms with van der Waals surface area (Å²) in [5.41, 5.74) is 6.13. The average Bonchev–Trinajstić information content (AvgIpc) is 3.21. The highest BCUT2D eigenvalue weighted by Gasteiger charge is 2.36. The molecule has 2 amide bonds. The average molecular weight is 468 g/mol. The van der Waals surface area contributed by atoms with Gasteiger partial charge in [-0.1, -0.05) is 6.42 Å². The van der Waals surface area contributed by atoms with Crippen molar-refractivity contribution in [1.29, 1.82) is 5.26 Å². The number of benzene rings is 1. The van der Waals surface area contributed by atoms with Crippen LogP contribution in [0.5, 0.6) is 5.88 Å². The second kappa shape index (κ2) is 10.6. The number of halogens is 1. The third-order valence-corrected chi connectivity index (χ3v) is 6.35. The molecule has 1 aliphatic carbocycles. The van der Waals surface area contributed by atoms with Gasteiger partial charge in [-0.3, -0.25) is 14.4 Å². The lowest BCUT2D eigenvalue weighted by molar-refractivity contribution is -0.182. The first-order valence-electron chi connectivity index (χ1n) is 11.4. The van der Waals surface area contributed by atoms with E-state index < -0.39 is 17.8 Å². The lowest BCUT2D eigenvalue weighted by atomic mass is 9.96. The van der Waals surface area contributed by atoms with E-state index in [-0.39, 0.29) is 29.0 Å². The van der Waals surface area contributed by atoms with Crippen LogP contribution in [0.3, 0.4) is 0 Å². The van der Waals surface area contributed by atoms with Gasteiger partial charge in [0.25, 0.3) is 5.91 Å². The number of hydrogen-bond donors (Lipinski definition) is 1. The Hall–Kier alpha value is -3.58. The minimum atomic E-state index is -0.646. The highest BCUT2D eigenvalue weighted by molar-refractivity contribution is 5.90. The molecule has 2 fully saturated rings. The van der Waals surface area contributed by atoms with E-state index in [2.05, 4.69) is 9.97 Å². The van der Waals surface area contributed by atoms with Crippen LogP contribution >= 0.6 is 0 Å². The van der Waals surface area contributed by atoms with Crippen LogP contribution in [0.2, 0.25) is 0 Å². The molecule has 0 bridgehead atoms. The third kappa shape index (κ3) is 5.48. The van der Waals surface area contributed by atoms with E-state index in [1.165, 1.54) is 29.6 Å². The van der Waals surface area contributed by atoms with Crippen LogP contribution in [0.25, 0.3) is 0 Å². The summed E-state index contributed by atoms with van der Waals surface area (Å²) < 4.78 is 19.7. The fourth-order valence-corrected chi connectivity index (χ4v) is 4.59. The van der Waals surface area contributed by atoms with Gasteiger partial charge in [0.15, 0.2) is 0 Å². The third-order valence-electron chi connectivity index (χ3n) is 6.35. The van der Waals surface area contributed by atoms with Crippen LogP contribution < -0.4 is 10.5 Å². The minimum Gasteiger partial charge on any atom is -0.477 e. The minimum absolute atomic E-state index is 0.0943. The monoisotopic (exact) mass is 467 g/mol. The summed E-state index contributed by atoms with van der Waals surface area (Å²) in [5.74, 6) is -0.920. The molecule has 1 saturated carbocycles. The summed E-state index contributed by atoms with van der Waals surface area (Å²) in [4.78, 5) is 38.1. The summed E-state index contributed by atoms with van der Waals surface area (Å²) >= 11 is 0. The van der Waals surface area contributed by atoms with Gasteiger partial charge in [0.05, 0.1) is 30.9 Å². The second-order valence-electron chi connectivity index (χ2n) is 8.67. The Morgan fingerprint density at radius 1 is 1.18 bits per heavy atom. The maximum Gasteiger partial charge on any atom is 0.267 e. The number of primary amides is 1. The molecule has 1 saturated heterocycles. The molecular weight excluding hydrogens is 441 g/mol. The van der Waals surface area contributed by atoms with Crippen molar-refractivity contribution >= 4 is 11.8 Å². The van der Waals surface area contributed by atoms with Crippen molar-refractivity contribution in [3.63, 3.8) is 0 Å². The molecule has 3 atom stereocenters. The fourth-order valence-electron chi connectivity index (χ4n) is 4.59. The first kappa shape index (κ1) is 23.6. The first-order valence-corrected chi connectivity index (χ1v) is 11.4. The molecule has 1 aliphatic heterocycles. The maximum absolute atomic E-state index is 14.0. The number of nitrogens with zero attached hydrogens (tertiary/aromatic N) is 4. The Morgan fingerprint density at radius 2 is 2.03 bits per heavy atom. The largest absolute Gasteiger partial charge is 0.477 e. The van der Waals surface area contributed by atoms with Gasteiger partial charge in [-0.05, 0) is 55.4 Å². The van der Waals surface area contributed by atoms with E-state index in [9.17, 15) is 14.0 Å². The number of rotatable bonds is 6. The number of carbonyl (C=O) groups is 2. The highest BCUT2D eigenvalue weighted by Crippen LogP contribution is 2.36. The smallest absolute Gasteiger partial charge is 0.267 e. The van der Waals surface area contributed by atoms with Crippen molar-refractivity contribution in [2.24, 2.45) is 17.6 Å². The molecule has 34 heavy (non-hydrogen) atoms. The van der Waals surface area contributed by atoms with Gasteiger partial charge < -0.3 is 10.5 Å². The molecule has 10 heteroatoms. The van der Waals surface area contributed by atoms with Crippen LogP contribution in [0, 0.1) is 29.0 Å². The van der Waals surface area contributed by atoms with Crippen molar-refractivity contribution in [3.05, 3.63) is 53.2 Å². The molecule has 2 aromatic rings. The molecule has 0 spiro atoms. The summed E-state index contributed by atoms with van der Waals surface area (Å²) in [7, 11) is 0. The molecule has 3 unspecified atom stereocenters. The predicted octanol–water partition coefficient (Wildman–Crippen LogP) is 3.07. The number of hydrogen-bond acceptors (Lipinski definition) is 7. The van der Waals surface area contributed by atoms with Crippen molar-refractivity contribution in [1.82, 2.24) is 15.0 Å². The Kier molecular flexibility index (Phi) is 7.33. The number of hydroxylamine groups is 2. The van der Waals surface area contributed by atoms with Gasteiger partial charge in [0.1, 0.15) is 17.8 Å². The SMILES string of the molecule is N#Cc1cc(F)cc(C2CCON2C(=O)C2CCCC(COc3cc(C(N)=O)ncn3)CC2)c1. The van der Waals surface area contributed by atoms with Crippen LogP contribution in [-0.4, -0.2) is 40.1 Å². The Labute approximate surface area is 196 Å². The Balaban J connectivity index is 1.36. The van der Waals surface area contributed by atoms with Crippen molar-refractivity contribution in [2.45, 2.75) is 44.6 Å². The van der Waals surface area contributed by atoms with Crippen LogP contribution in [-0.2, 0) is 9.63 Å². The topological polar surface area (TPSA) is 131 Å². The maximum atomic E-state index is 14.0. The highest BCUT2D eigenvalue weighted by atomic mass is 19.1. The lowest BCUT2D eigenvalue weighted by Gasteiger charge is -2.27. The van der Waals surface area contributed by atoms with Crippen LogP contribution in [0.1, 0.15) is 66.2 Å². The number of nitriles is 1. The molecule has 4 rings (SSSR count). The molecular formula is C24H26FN5O4. The predicted molar refractivity (Wildman–Crippen MR) is 117 cm³/mol. The lowest BCUT2D eigenvalue weighted by Crippen LogP contribution is -2.35. The molecule has 0 radical (unpaired) electrons. The molecule has 2 N–H and O–H groups in total. The van der Waals surface area contributed by atoms with Gasteiger partial charge in [-0.25, -0.2) is 19.4 Å².